The molecule has 0 aliphatic carbocycles. The molecule has 5 nitrogen and oxygen atoms in total. The molecule has 3 aromatic rings. The van der Waals surface area contributed by atoms with Crippen LogP contribution in [0.3, 0.4) is 0 Å². The first-order valence-corrected chi connectivity index (χ1v) is 9.76. The van der Waals surface area contributed by atoms with Crippen LogP contribution in [-0.4, -0.2) is 34.6 Å². The maximum absolute atomic E-state index is 14.3. The number of aromatic nitrogens is 2. The summed E-state index contributed by atoms with van der Waals surface area (Å²) >= 11 is 0. The second kappa shape index (κ2) is 7.62. The van der Waals surface area contributed by atoms with Gasteiger partial charge in [-0.25, -0.2) is 9.37 Å². The van der Waals surface area contributed by atoms with Crippen LogP contribution in [0, 0.1) is 12.7 Å². The fourth-order valence-corrected chi connectivity index (χ4v) is 3.91. The van der Waals surface area contributed by atoms with Gasteiger partial charge in [0.15, 0.2) is 0 Å². The van der Waals surface area contributed by atoms with E-state index in [1.54, 1.807) is 12.4 Å². The largest absolute Gasteiger partial charge is 0.367 e. The minimum atomic E-state index is -0.363. The molecule has 0 radical (unpaired) electrons. The Balaban J connectivity index is 1.46. The smallest absolute Gasteiger partial charge is 0.243 e. The molecule has 2 heterocycles. The molecule has 0 bridgehead atoms. The molecule has 1 N–H and O–H groups in total. The lowest BCUT2D eigenvalue weighted by atomic mass is 10.0. The van der Waals surface area contributed by atoms with E-state index in [1.165, 1.54) is 6.07 Å². The third-order valence-corrected chi connectivity index (χ3v) is 5.49. The normalized spacial score (nSPS) is 18.2. The zero-order valence-corrected chi connectivity index (χ0v) is 16.2. The van der Waals surface area contributed by atoms with E-state index >= 15 is 0 Å². The van der Waals surface area contributed by atoms with Crippen LogP contribution in [0.2, 0.25) is 0 Å². The van der Waals surface area contributed by atoms with E-state index < -0.39 is 0 Å². The maximum Gasteiger partial charge on any atom is 0.243 e. The summed E-state index contributed by atoms with van der Waals surface area (Å²) in [6, 6.07) is 12.6. The molecule has 1 aliphatic rings. The number of nitrogens with zero attached hydrogens (tertiary/aromatic N) is 3. The number of piperidine rings is 1. The Morgan fingerprint density at radius 1 is 1.29 bits per heavy atom. The minimum absolute atomic E-state index is 0.00148. The molecule has 1 amide bonds. The van der Waals surface area contributed by atoms with Gasteiger partial charge in [0.1, 0.15) is 11.9 Å². The number of benzene rings is 2. The van der Waals surface area contributed by atoms with Crippen molar-refractivity contribution in [2.45, 2.75) is 38.8 Å². The SMILES string of the molecule is Cc1ccc(F)c(N2CCCC(NC(=O)C(C)n3cnc4ccccc43)C2)c1. The number of imidazole rings is 1. The molecule has 0 saturated carbocycles. The zero-order chi connectivity index (χ0) is 19.7. The highest BCUT2D eigenvalue weighted by atomic mass is 19.1. The summed E-state index contributed by atoms with van der Waals surface area (Å²) in [5.41, 5.74) is 3.47. The van der Waals surface area contributed by atoms with Gasteiger partial charge >= 0.3 is 0 Å². The first-order valence-electron chi connectivity index (χ1n) is 9.76. The average molecular weight is 380 g/mol. The number of fused-ring (bicyclic) bond motifs is 1. The Morgan fingerprint density at radius 3 is 2.96 bits per heavy atom. The summed E-state index contributed by atoms with van der Waals surface area (Å²) in [5, 5.41) is 3.15. The van der Waals surface area contributed by atoms with Crippen LogP contribution in [0.5, 0.6) is 0 Å². The number of anilines is 1. The number of hydrogen-bond acceptors (Lipinski definition) is 3. The number of aryl methyl sites for hydroxylation is 1. The van der Waals surface area contributed by atoms with Crippen molar-refractivity contribution in [1.82, 2.24) is 14.9 Å². The van der Waals surface area contributed by atoms with E-state index in [0.717, 1.165) is 36.0 Å². The van der Waals surface area contributed by atoms with Crippen molar-refractivity contribution in [1.29, 1.82) is 0 Å². The molecule has 146 valence electrons. The number of carbonyl (C=O) groups is 1. The predicted octanol–water partition coefficient (Wildman–Crippen LogP) is 3.83. The second-order valence-electron chi connectivity index (χ2n) is 7.57. The molecule has 2 aromatic carbocycles. The average Bonchev–Trinajstić information content (AvgIpc) is 3.13. The summed E-state index contributed by atoms with van der Waals surface area (Å²) in [7, 11) is 0. The molecule has 1 aromatic heterocycles. The van der Waals surface area contributed by atoms with Crippen molar-refractivity contribution in [3.63, 3.8) is 0 Å². The van der Waals surface area contributed by atoms with Crippen LogP contribution < -0.4 is 10.2 Å². The Hall–Kier alpha value is -2.89. The number of para-hydroxylation sites is 2. The highest BCUT2D eigenvalue weighted by Gasteiger charge is 2.26. The van der Waals surface area contributed by atoms with E-state index in [1.807, 2.05) is 53.6 Å². The van der Waals surface area contributed by atoms with Gasteiger partial charge in [-0.05, 0) is 56.5 Å². The lowest BCUT2D eigenvalue weighted by Gasteiger charge is -2.35. The second-order valence-corrected chi connectivity index (χ2v) is 7.57. The molecule has 1 fully saturated rings. The van der Waals surface area contributed by atoms with E-state index in [-0.39, 0.29) is 23.8 Å². The first-order chi connectivity index (χ1) is 13.5. The number of rotatable bonds is 4. The van der Waals surface area contributed by atoms with Crippen LogP contribution in [0.1, 0.15) is 31.4 Å². The number of halogens is 1. The molecule has 1 aliphatic heterocycles. The highest BCUT2D eigenvalue weighted by Crippen LogP contribution is 2.25. The van der Waals surface area contributed by atoms with Gasteiger partial charge in [-0.1, -0.05) is 18.2 Å². The fraction of sp³-hybridized carbons (Fsp3) is 0.364. The van der Waals surface area contributed by atoms with Gasteiger partial charge in [-0.3, -0.25) is 4.79 Å². The van der Waals surface area contributed by atoms with E-state index in [2.05, 4.69) is 10.3 Å². The Bertz CT molecular complexity index is 999. The maximum atomic E-state index is 14.3. The van der Waals surface area contributed by atoms with Crippen LogP contribution in [0.25, 0.3) is 11.0 Å². The van der Waals surface area contributed by atoms with E-state index in [0.29, 0.717) is 12.2 Å². The zero-order valence-electron chi connectivity index (χ0n) is 16.2. The standard InChI is InChI=1S/C22H25FN4O/c1-15-9-10-18(23)21(12-15)26-11-5-6-17(13-26)25-22(28)16(2)27-14-24-19-7-3-4-8-20(19)27/h3-4,7-10,12,14,16-17H,5-6,11,13H2,1-2H3,(H,25,28). The van der Waals surface area contributed by atoms with Crippen LogP contribution in [0.4, 0.5) is 10.1 Å². The van der Waals surface area contributed by atoms with E-state index in [9.17, 15) is 9.18 Å². The van der Waals surface area contributed by atoms with Gasteiger partial charge < -0.3 is 14.8 Å². The lowest BCUT2D eigenvalue weighted by molar-refractivity contribution is -0.124. The number of nitrogens with one attached hydrogen (secondary N) is 1. The van der Waals surface area contributed by atoms with Crippen molar-refractivity contribution < 1.29 is 9.18 Å². The molecule has 2 atom stereocenters. The summed E-state index contributed by atoms with van der Waals surface area (Å²) in [6.07, 6.45) is 3.53. The quantitative estimate of drug-likeness (QED) is 0.748. The molecule has 2 unspecified atom stereocenters. The predicted molar refractivity (Wildman–Crippen MR) is 109 cm³/mol. The van der Waals surface area contributed by atoms with Crippen molar-refractivity contribution in [2.75, 3.05) is 18.0 Å². The number of carbonyl (C=O) groups excluding carboxylic acids is 1. The Morgan fingerprint density at radius 2 is 2.11 bits per heavy atom. The minimum Gasteiger partial charge on any atom is -0.367 e. The van der Waals surface area contributed by atoms with Gasteiger partial charge in [0.2, 0.25) is 5.91 Å². The van der Waals surface area contributed by atoms with Crippen molar-refractivity contribution >= 4 is 22.6 Å². The van der Waals surface area contributed by atoms with Crippen molar-refractivity contribution in [2.24, 2.45) is 0 Å². The van der Waals surface area contributed by atoms with Gasteiger partial charge in [-0.2, -0.15) is 0 Å². The molecule has 0 spiro atoms. The monoisotopic (exact) mass is 380 g/mol. The van der Waals surface area contributed by atoms with Gasteiger partial charge in [0.25, 0.3) is 0 Å². The van der Waals surface area contributed by atoms with Crippen LogP contribution in [0.15, 0.2) is 48.8 Å². The first kappa shape index (κ1) is 18.5. The number of hydrogen-bond donors (Lipinski definition) is 1. The van der Waals surface area contributed by atoms with Crippen molar-refractivity contribution in [3.05, 3.63) is 60.2 Å². The van der Waals surface area contributed by atoms with Crippen molar-refractivity contribution in [3.8, 4) is 0 Å². The number of amides is 1. The molecule has 6 heteroatoms. The molecule has 1 saturated heterocycles. The van der Waals surface area contributed by atoms with E-state index in [4.69, 9.17) is 0 Å². The molecular formula is C22H25FN4O. The topological polar surface area (TPSA) is 50.2 Å². The molecular weight excluding hydrogens is 355 g/mol. The summed E-state index contributed by atoms with van der Waals surface area (Å²) in [4.78, 5) is 19.3. The summed E-state index contributed by atoms with van der Waals surface area (Å²) < 4.78 is 16.2. The van der Waals surface area contributed by atoms with Gasteiger partial charge in [-0.15, -0.1) is 0 Å². The lowest BCUT2D eigenvalue weighted by Crippen LogP contribution is -2.49. The summed E-state index contributed by atoms with van der Waals surface area (Å²) in [6.45, 7) is 5.26. The fourth-order valence-electron chi connectivity index (χ4n) is 3.91. The third kappa shape index (κ3) is 3.59. The summed E-state index contributed by atoms with van der Waals surface area (Å²) in [5.74, 6) is -0.254. The highest BCUT2D eigenvalue weighted by molar-refractivity contribution is 5.83. The molecule has 28 heavy (non-hydrogen) atoms. The molecule has 4 rings (SSSR count). The third-order valence-electron chi connectivity index (χ3n) is 5.49. The van der Waals surface area contributed by atoms with Crippen LogP contribution in [-0.2, 0) is 4.79 Å². The van der Waals surface area contributed by atoms with Gasteiger partial charge in [0, 0.05) is 19.1 Å². The van der Waals surface area contributed by atoms with Crippen LogP contribution >= 0.6 is 0 Å². The van der Waals surface area contributed by atoms with Gasteiger partial charge in [0.05, 0.1) is 23.0 Å². The Labute approximate surface area is 164 Å². The Kier molecular flexibility index (Phi) is 5.03.